The van der Waals surface area contributed by atoms with Crippen molar-refractivity contribution < 1.29 is 9.53 Å². The smallest absolute Gasteiger partial charge is 0.223 e. The zero-order valence-electron chi connectivity index (χ0n) is 15.5. The number of ether oxygens (including phenoxy) is 1. The molecule has 0 bridgehead atoms. The van der Waals surface area contributed by atoms with Crippen molar-refractivity contribution in [3.63, 3.8) is 0 Å². The van der Waals surface area contributed by atoms with Gasteiger partial charge in [-0.25, -0.2) is 0 Å². The maximum absolute atomic E-state index is 12.0. The first kappa shape index (κ1) is 18.5. The molecule has 1 amide bonds. The number of carbonyl (C=O) groups is 1. The number of carbonyl (C=O) groups excluding carboxylic acids is 1. The van der Waals surface area contributed by atoms with E-state index in [1.54, 1.807) is 0 Å². The quantitative estimate of drug-likeness (QED) is 0.788. The van der Waals surface area contributed by atoms with Crippen LogP contribution in [0.25, 0.3) is 0 Å². The van der Waals surface area contributed by atoms with E-state index < -0.39 is 0 Å². The molecule has 3 rings (SSSR count). The average molecular weight is 352 g/mol. The van der Waals surface area contributed by atoms with Gasteiger partial charge >= 0.3 is 0 Å². The summed E-state index contributed by atoms with van der Waals surface area (Å²) in [5.74, 6) is 0.855. The third-order valence-electron chi connectivity index (χ3n) is 4.80. The fourth-order valence-electron chi connectivity index (χ4n) is 3.22. The van der Waals surface area contributed by atoms with Crippen molar-refractivity contribution in [3.05, 3.63) is 65.2 Å². The maximum Gasteiger partial charge on any atom is 0.223 e. The van der Waals surface area contributed by atoms with Gasteiger partial charge in [-0.2, -0.15) is 0 Å². The van der Waals surface area contributed by atoms with Gasteiger partial charge < -0.3 is 10.1 Å². The van der Waals surface area contributed by atoms with Crippen molar-refractivity contribution in [2.45, 2.75) is 39.3 Å². The molecular formula is C22H28N2O2. The Morgan fingerprint density at radius 3 is 2.46 bits per heavy atom. The van der Waals surface area contributed by atoms with Crippen LogP contribution in [0, 0.1) is 6.92 Å². The highest BCUT2D eigenvalue weighted by Gasteiger charge is 2.11. The molecule has 2 aromatic rings. The molecule has 4 heteroatoms. The largest absolute Gasteiger partial charge is 0.493 e. The Morgan fingerprint density at radius 2 is 1.73 bits per heavy atom. The highest BCUT2D eigenvalue weighted by atomic mass is 16.5. The van der Waals surface area contributed by atoms with Crippen LogP contribution in [0.15, 0.2) is 48.5 Å². The van der Waals surface area contributed by atoms with E-state index in [9.17, 15) is 4.79 Å². The van der Waals surface area contributed by atoms with Crippen molar-refractivity contribution in [1.82, 2.24) is 10.2 Å². The third kappa shape index (κ3) is 5.60. The molecule has 2 aromatic carbocycles. The third-order valence-corrected chi connectivity index (χ3v) is 4.80. The number of nitrogens with zero attached hydrogens (tertiary/aromatic N) is 1. The molecule has 0 aliphatic carbocycles. The summed E-state index contributed by atoms with van der Waals surface area (Å²) in [6.07, 6.45) is 3.00. The second-order valence-electron chi connectivity index (χ2n) is 6.94. The molecule has 0 aromatic heterocycles. The SMILES string of the molecule is Cc1ccccc1OCCC(=O)NCc1ccc(CN2CCCC2)cc1. The topological polar surface area (TPSA) is 41.6 Å². The first-order valence-corrected chi connectivity index (χ1v) is 9.46. The Morgan fingerprint density at radius 1 is 1.04 bits per heavy atom. The van der Waals surface area contributed by atoms with Crippen LogP contribution < -0.4 is 10.1 Å². The molecule has 0 saturated carbocycles. The van der Waals surface area contributed by atoms with Crippen LogP contribution in [-0.4, -0.2) is 30.5 Å². The monoisotopic (exact) mass is 352 g/mol. The summed E-state index contributed by atoms with van der Waals surface area (Å²) in [5, 5.41) is 2.96. The second-order valence-corrected chi connectivity index (χ2v) is 6.94. The van der Waals surface area contributed by atoms with Crippen molar-refractivity contribution in [1.29, 1.82) is 0 Å². The lowest BCUT2D eigenvalue weighted by atomic mass is 10.1. The number of benzene rings is 2. The molecule has 1 N–H and O–H groups in total. The van der Waals surface area contributed by atoms with E-state index in [4.69, 9.17) is 4.74 Å². The lowest BCUT2D eigenvalue weighted by molar-refractivity contribution is -0.121. The summed E-state index contributed by atoms with van der Waals surface area (Å²) >= 11 is 0. The number of aryl methyl sites for hydroxylation is 1. The van der Waals surface area contributed by atoms with Gasteiger partial charge in [-0.05, 0) is 55.6 Å². The summed E-state index contributed by atoms with van der Waals surface area (Å²) in [5.41, 5.74) is 3.55. The molecule has 0 spiro atoms. The van der Waals surface area contributed by atoms with Gasteiger partial charge in [0, 0.05) is 13.1 Å². The second kappa shape index (κ2) is 9.39. The minimum Gasteiger partial charge on any atom is -0.493 e. The highest BCUT2D eigenvalue weighted by molar-refractivity contribution is 5.76. The Hall–Kier alpha value is -2.33. The summed E-state index contributed by atoms with van der Waals surface area (Å²) < 4.78 is 5.67. The van der Waals surface area contributed by atoms with Crippen molar-refractivity contribution in [2.75, 3.05) is 19.7 Å². The van der Waals surface area contributed by atoms with Gasteiger partial charge in [-0.15, -0.1) is 0 Å². The minimum absolute atomic E-state index is 0.0136. The molecule has 138 valence electrons. The lowest BCUT2D eigenvalue weighted by Gasteiger charge is -2.14. The van der Waals surface area contributed by atoms with E-state index in [0.29, 0.717) is 19.6 Å². The van der Waals surface area contributed by atoms with Gasteiger partial charge in [0.05, 0.1) is 13.0 Å². The van der Waals surface area contributed by atoms with Crippen LogP contribution in [-0.2, 0) is 17.9 Å². The molecular weight excluding hydrogens is 324 g/mol. The van der Waals surface area contributed by atoms with Crippen LogP contribution in [0.5, 0.6) is 5.75 Å². The molecule has 0 unspecified atom stereocenters. The van der Waals surface area contributed by atoms with Gasteiger partial charge in [0.15, 0.2) is 0 Å². The van der Waals surface area contributed by atoms with Gasteiger partial charge in [-0.1, -0.05) is 42.5 Å². The number of hydrogen-bond donors (Lipinski definition) is 1. The Bertz CT molecular complexity index is 706. The number of hydrogen-bond acceptors (Lipinski definition) is 3. The molecule has 1 aliphatic rings. The first-order valence-electron chi connectivity index (χ1n) is 9.46. The zero-order valence-corrected chi connectivity index (χ0v) is 15.5. The molecule has 0 radical (unpaired) electrons. The fourth-order valence-corrected chi connectivity index (χ4v) is 3.22. The number of likely N-dealkylation sites (tertiary alicyclic amines) is 1. The summed E-state index contributed by atoms with van der Waals surface area (Å²) in [4.78, 5) is 14.5. The molecule has 1 fully saturated rings. The fraction of sp³-hybridized carbons (Fsp3) is 0.409. The number of amides is 1. The number of rotatable bonds is 8. The minimum atomic E-state index is 0.0136. The van der Waals surface area contributed by atoms with Crippen molar-refractivity contribution >= 4 is 5.91 Å². The van der Waals surface area contributed by atoms with E-state index in [1.807, 2.05) is 31.2 Å². The van der Waals surface area contributed by atoms with Crippen molar-refractivity contribution in [2.24, 2.45) is 0 Å². The van der Waals surface area contributed by atoms with E-state index in [0.717, 1.165) is 23.4 Å². The van der Waals surface area contributed by atoms with E-state index in [2.05, 4.69) is 34.5 Å². The molecule has 0 atom stereocenters. The van der Waals surface area contributed by atoms with Crippen LogP contribution in [0.1, 0.15) is 36.0 Å². The summed E-state index contributed by atoms with van der Waals surface area (Å²) in [6, 6.07) is 16.4. The number of nitrogens with one attached hydrogen (secondary N) is 1. The van der Waals surface area contributed by atoms with Gasteiger partial charge in [-0.3, -0.25) is 9.69 Å². The van der Waals surface area contributed by atoms with Crippen LogP contribution in [0.2, 0.25) is 0 Å². The van der Waals surface area contributed by atoms with E-state index >= 15 is 0 Å². The normalized spacial score (nSPS) is 14.3. The summed E-state index contributed by atoms with van der Waals surface area (Å²) in [7, 11) is 0. The van der Waals surface area contributed by atoms with Crippen molar-refractivity contribution in [3.8, 4) is 5.75 Å². The van der Waals surface area contributed by atoms with Gasteiger partial charge in [0.1, 0.15) is 5.75 Å². The Labute approximate surface area is 156 Å². The average Bonchev–Trinajstić information content (AvgIpc) is 3.16. The van der Waals surface area contributed by atoms with E-state index in [1.165, 1.54) is 31.5 Å². The summed E-state index contributed by atoms with van der Waals surface area (Å²) in [6.45, 7) is 6.41. The van der Waals surface area contributed by atoms with Gasteiger partial charge in [0.2, 0.25) is 5.91 Å². The predicted molar refractivity (Wildman–Crippen MR) is 104 cm³/mol. The standard InChI is InChI=1S/C22H28N2O2/c1-18-6-2-3-7-21(18)26-15-12-22(25)23-16-19-8-10-20(11-9-19)17-24-13-4-5-14-24/h2-3,6-11H,4-5,12-17H2,1H3,(H,23,25). The maximum atomic E-state index is 12.0. The van der Waals surface area contributed by atoms with Gasteiger partial charge in [0.25, 0.3) is 0 Å². The Kier molecular flexibility index (Phi) is 6.67. The molecule has 4 nitrogen and oxygen atoms in total. The molecule has 1 heterocycles. The highest BCUT2D eigenvalue weighted by Crippen LogP contribution is 2.16. The molecule has 26 heavy (non-hydrogen) atoms. The molecule has 1 saturated heterocycles. The molecule has 1 aliphatic heterocycles. The number of para-hydroxylation sites is 1. The van der Waals surface area contributed by atoms with Crippen LogP contribution in [0.3, 0.4) is 0 Å². The Balaban J connectivity index is 1.36. The van der Waals surface area contributed by atoms with Crippen LogP contribution >= 0.6 is 0 Å². The first-order chi connectivity index (χ1) is 12.7. The lowest BCUT2D eigenvalue weighted by Crippen LogP contribution is -2.24. The van der Waals surface area contributed by atoms with E-state index in [-0.39, 0.29) is 5.91 Å². The predicted octanol–water partition coefficient (Wildman–Crippen LogP) is 3.68. The zero-order chi connectivity index (χ0) is 18.2. The van der Waals surface area contributed by atoms with Crippen LogP contribution in [0.4, 0.5) is 0 Å².